The molecule has 0 radical (unpaired) electrons. The number of phosphoric ester groups is 1. The highest BCUT2D eigenvalue weighted by molar-refractivity contribution is 7.46. The maximum Gasteiger partial charge on any atom is 0.469 e. The molecular weight excluding hydrogens is 387 g/mol. The molecular formula is C14H23N2O10P. The quantitative estimate of drug-likeness (QED) is 0.381. The number of aromatic nitrogens is 2. The first-order chi connectivity index (χ1) is 12.4. The lowest BCUT2D eigenvalue weighted by molar-refractivity contribution is -0.137. The zero-order valence-corrected chi connectivity index (χ0v) is 15.7. The van der Waals surface area contributed by atoms with Gasteiger partial charge in [-0.1, -0.05) is 6.92 Å². The minimum atomic E-state index is -4.67. The lowest BCUT2D eigenvalue weighted by Crippen LogP contribution is -2.33. The van der Waals surface area contributed by atoms with Crippen molar-refractivity contribution in [3.05, 3.63) is 32.6 Å². The standard InChI is InChI=1S/C10H15N2O8P.C4H8O2/c1-5-3-12(10(15)11-9(5)14)8-2-6(13)7(20-8)4-19-21(16,17)18;1-2-3-4(5)6/h3,6-8,13H,2,4H2,1H3,(H,11,14,15)(H2,16,17,18);2-3H2,1H3,(H,5,6)/t6-,7+,8+;/m0./s1. The van der Waals surface area contributed by atoms with Crippen LogP contribution in [0.5, 0.6) is 0 Å². The molecule has 27 heavy (non-hydrogen) atoms. The average Bonchev–Trinajstić information content (AvgIpc) is 2.89. The Morgan fingerprint density at radius 1 is 1.44 bits per heavy atom. The van der Waals surface area contributed by atoms with Gasteiger partial charge in [0.2, 0.25) is 0 Å². The Morgan fingerprint density at radius 3 is 2.56 bits per heavy atom. The Bertz CT molecular complexity index is 798. The van der Waals surface area contributed by atoms with Crippen molar-refractivity contribution in [1.82, 2.24) is 9.55 Å². The summed E-state index contributed by atoms with van der Waals surface area (Å²) in [5.41, 5.74) is -0.918. The van der Waals surface area contributed by atoms with Gasteiger partial charge in [0.25, 0.3) is 5.56 Å². The van der Waals surface area contributed by atoms with E-state index in [0.717, 1.165) is 11.0 Å². The minimum absolute atomic E-state index is 0.0283. The number of aromatic amines is 1. The van der Waals surface area contributed by atoms with Crippen LogP contribution in [0.3, 0.4) is 0 Å². The van der Waals surface area contributed by atoms with Crippen LogP contribution in [-0.4, -0.2) is 54.3 Å². The van der Waals surface area contributed by atoms with Crippen LogP contribution >= 0.6 is 7.82 Å². The number of aliphatic hydroxyl groups excluding tert-OH is 1. The second-order valence-corrected chi connectivity index (χ2v) is 7.08. The molecule has 1 fully saturated rings. The van der Waals surface area contributed by atoms with E-state index in [2.05, 4.69) is 9.51 Å². The van der Waals surface area contributed by atoms with Gasteiger partial charge in [-0.15, -0.1) is 0 Å². The molecule has 5 N–H and O–H groups in total. The minimum Gasteiger partial charge on any atom is -0.481 e. The molecule has 13 heteroatoms. The van der Waals surface area contributed by atoms with Crippen molar-refractivity contribution in [2.45, 2.75) is 51.5 Å². The highest BCUT2D eigenvalue weighted by Gasteiger charge is 2.37. The number of nitrogens with one attached hydrogen (secondary N) is 1. The predicted octanol–water partition coefficient (Wildman–Crippen LogP) is -0.526. The Hall–Kier alpha value is -1.82. The van der Waals surface area contributed by atoms with Crippen molar-refractivity contribution in [1.29, 1.82) is 0 Å². The van der Waals surface area contributed by atoms with E-state index in [1.54, 1.807) is 0 Å². The summed E-state index contributed by atoms with van der Waals surface area (Å²) in [7, 11) is -4.67. The molecule has 154 valence electrons. The van der Waals surface area contributed by atoms with Gasteiger partial charge in [0.1, 0.15) is 12.3 Å². The van der Waals surface area contributed by atoms with Crippen molar-refractivity contribution in [3.63, 3.8) is 0 Å². The molecule has 1 saturated heterocycles. The number of nitrogens with zero attached hydrogens (tertiary/aromatic N) is 1. The monoisotopic (exact) mass is 410 g/mol. The average molecular weight is 410 g/mol. The van der Waals surface area contributed by atoms with Crippen molar-refractivity contribution >= 4 is 13.8 Å². The first-order valence-corrected chi connectivity index (χ1v) is 9.55. The number of aliphatic carboxylic acids is 1. The van der Waals surface area contributed by atoms with Gasteiger partial charge >= 0.3 is 19.5 Å². The first kappa shape index (κ1) is 23.2. The summed E-state index contributed by atoms with van der Waals surface area (Å²) in [6.07, 6.45) is -0.545. The topological polar surface area (TPSA) is 188 Å². The molecule has 1 aliphatic heterocycles. The van der Waals surface area contributed by atoms with Crippen molar-refractivity contribution in [3.8, 4) is 0 Å². The smallest absolute Gasteiger partial charge is 0.469 e. The highest BCUT2D eigenvalue weighted by atomic mass is 31.2. The normalized spacial score (nSPS) is 22.2. The Labute approximate surface area is 153 Å². The molecule has 1 aromatic rings. The fourth-order valence-electron chi connectivity index (χ4n) is 2.22. The number of ether oxygens (including phenoxy) is 1. The van der Waals surface area contributed by atoms with Gasteiger partial charge in [-0.2, -0.15) is 0 Å². The summed E-state index contributed by atoms with van der Waals surface area (Å²) in [5, 5.41) is 17.7. The van der Waals surface area contributed by atoms with Gasteiger partial charge in [0.15, 0.2) is 0 Å². The lowest BCUT2D eigenvalue weighted by Gasteiger charge is -2.16. The number of carbonyl (C=O) groups is 1. The van der Waals surface area contributed by atoms with Crippen LogP contribution in [0.2, 0.25) is 0 Å². The van der Waals surface area contributed by atoms with Crippen molar-refractivity contribution < 1.29 is 38.6 Å². The summed E-state index contributed by atoms with van der Waals surface area (Å²) in [5.74, 6) is -0.711. The Balaban J connectivity index is 0.000000527. The van der Waals surface area contributed by atoms with E-state index in [-0.39, 0.29) is 6.42 Å². The third-order valence-electron chi connectivity index (χ3n) is 3.53. The van der Waals surface area contributed by atoms with Crippen LogP contribution in [0.25, 0.3) is 0 Å². The number of hydrogen-bond acceptors (Lipinski definition) is 7. The second-order valence-electron chi connectivity index (χ2n) is 5.84. The number of rotatable bonds is 6. The van der Waals surface area contributed by atoms with E-state index in [1.165, 1.54) is 13.1 Å². The summed E-state index contributed by atoms with van der Waals surface area (Å²) >= 11 is 0. The Morgan fingerprint density at radius 2 is 2.07 bits per heavy atom. The number of hydrogen-bond donors (Lipinski definition) is 5. The van der Waals surface area contributed by atoms with E-state index >= 15 is 0 Å². The van der Waals surface area contributed by atoms with Crippen LogP contribution in [0, 0.1) is 6.92 Å². The molecule has 0 aliphatic carbocycles. The van der Waals surface area contributed by atoms with E-state index in [1.807, 2.05) is 6.92 Å². The predicted molar refractivity (Wildman–Crippen MR) is 91.1 cm³/mol. The third kappa shape index (κ3) is 7.75. The van der Waals surface area contributed by atoms with Crippen LogP contribution in [0.4, 0.5) is 0 Å². The molecule has 12 nitrogen and oxygen atoms in total. The van der Waals surface area contributed by atoms with Crippen LogP contribution in [0.15, 0.2) is 15.8 Å². The van der Waals surface area contributed by atoms with Gasteiger partial charge in [0.05, 0.1) is 12.7 Å². The highest BCUT2D eigenvalue weighted by Crippen LogP contribution is 2.38. The first-order valence-electron chi connectivity index (χ1n) is 8.02. The number of phosphoric acid groups is 1. The number of carboxylic acids is 1. The lowest BCUT2D eigenvalue weighted by atomic mass is 10.2. The summed E-state index contributed by atoms with van der Waals surface area (Å²) in [6.45, 7) is 2.84. The summed E-state index contributed by atoms with van der Waals surface area (Å²) in [6, 6.07) is 0. The molecule has 0 spiro atoms. The maximum atomic E-state index is 11.7. The second kappa shape index (κ2) is 9.93. The molecule has 0 saturated carbocycles. The fraction of sp³-hybridized carbons (Fsp3) is 0.643. The zero-order valence-electron chi connectivity index (χ0n) is 14.8. The molecule has 0 amide bonds. The van der Waals surface area contributed by atoms with Gasteiger partial charge in [-0.05, 0) is 13.3 Å². The van der Waals surface area contributed by atoms with Crippen LogP contribution in [-0.2, 0) is 18.6 Å². The SMILES string of the molecule is CCCC(=O)O.Cc1cn([C@H]2C[C@H](O)[C@@H](COP(=O)(O)O)O2)c(=O)[nH]c1=O. The fourth-order valence-corrected chi connectivity index (χ4v) is 2.56. The summed E-state index contributed by atoms with van der Waals surface area (Å²) < 4.78 is 21.4. The van der Waals surface area contributed by atoms with E-state index in [0.29, 0.717) is 12.0 Å². The summed E-state index contributed by atoms with van der Waals surface area (Å²) in [4.78, 5) is 51.9. The van der Waals surface area contributed by atoms with Gasteiger partial charge in [0, 0.05) is 24.6 Å². The molecule has 1 aliphatic rings. The number of aryl methyl sites for hydroxylation is 1. The molecule has 0 bridgehead atoms. The third-order valence-corrected chi connectivity index (χ3v) is 4.02. The van der Waals surface area contributed by atoms with E-state index in [4.69, 9.17) is 19.6 Å². The Kier molecular flexibility index (Phi) is 8.54. The van der Waals surface area contributed by atoms with Gasteiger partial charge in [-0.3, -0.25) is 23.7 Å². The zero-order chi connectivity index (χ0) is 20.8. The molecule has 2 heterocycles. The molecule has 0 aromatic carbocycles. The van der Waals surface area contributed by atoms with Gasteiger partial charge < -0.3 is 24.7 Å². The maximum absolute atomic E-state index is 11.7. The molecule has 2 rings (SSSR count). The number of aliphatic hydroxyl groups is 1. The van der Waals surface area contributed by atoms with Crippen LogP contribution < -0.4 is 11.2 Å². The number of carboxylic acid groups (broad SMARTS) is 1. The number of H-pyrrole nitrogens is 1. The van der Waals surface area contributed by atoms with Crippen LogP contribution in [0.1, 0.15) is 38.0 Å². The van der Waals surface area contributed by atoms with E-state index < -0.39 is 50.1 Å². The van der Waals surface area contributed by atoms with E-state index in [9.17, 15) is 24.1 Å². The van der Waals surface area contributed by atoms with Crippen molar-refractivity contribution in [2.75, 3.05) is 6.61 Å². The van der Waals surface area contributed by atoms with Crippen molar-refractivity contribution in [2.24, 2.45) is 0 Å². The molecule has 0 unspecified atom stereocenters. The van der Waals surface area contributed by atoms with Gasteiger partial charge in [-0.25, -0.2) is 9.36 Å². The largest absolute Gasteiger partial charge is 0.481 e. The molecule has 3 atom stereocenters. The molecule has 1 aromatic heterocycles.